The highest BCUT2D eigenvalue weighted by atomic mass is 16.5. The Morgan fingerprint density at radius 3 is 2.70 bits per heavy atom. The van der Waals surface area contributed by atoms with Crippen molar-refractivity contribution in [3.63, 3.8) is 0 Å². The van der Waals surface area contributed by atoms with Crippen LogP contribution in [0.15, 0.2) is 40.9 Å². The Labute approximate surface area is 116 Å². The zero-order chi connectivity index (χ0) is 14.0. The molecule has 5 nitrogen and oxygen atoms in total. The van der Waals surface area contributed by atoms with Crippen molar-refractivity contribution in [2.24, 2.45) is 0 Å². The molecule has 0 atom stereocenters. The lowest BCUT2D eigenvalue weighted by Gasteiger charge is -2.40. The fraction of sp³-hybridized carbons (Fsp3) is 0.333. The minimum absolute atomic E-state index is 0.0395. The molecule has 0 aliphatic heterocycles. The molecule has 1 aromatic heterocycles. The first-order chi connectivity index (χ1) is 9.72. The zero-order valence-corrected chi connectivity index (χ0v) is 11.0. The summed E-state index contributed by atoms with van der Waals surface area (Å²) in [6, 6.07) is 11.1. The van der Waals surface area contributed by atoms with Crippen LogP contribution in [0.25, 0.3) is 11.3 Å². The number of hydrogen-bond acceptors (Lipinski definition) is 4. The Morgan fingerprint density at radius 2 is 2.10 bits per heavy atom. The van der Waals surface area contributed by atoms with Crippen LogP contribution in [0.5, 0.6) is 0 Å². The number of carbonyl (C=O) groups excluding carboxylic acids is 1. The Morgan fingerprint density at radius 1 is 1.35 bits per heavy atom. The molecular weight excluding hydrogens is 256 g/mol. The van der Waals surface area contributed by atoms with E-state index in [4.69, 9.17) is 4.52 Å². The molecule has 2 N–H and O–H groups in total. The van der Waals surface area contributed by atoms with Gasteiger partial charge >= 0.3 is 0 Å². The average molecular weight is 272 g/mol. The van der Waals surface area contributed by atoms with Crippen molar-refractivity contribution in [1.82, 2.24) is 10.5 Å². The van der Waals surface area contributed by atoms with Crippen molar-refractivity contribution in [3.05, 3.63) is 42.1 Å². The van der Waals surface area contributed by atoms with Crippen LogP contribution in [0.2, 0.25) is 0 Å². The smallest absolute Gasteiger partial charge is 0.273 e. The Kier molecular flexibility index (Phi) is 3.28. The van der Waals surface area contributed by atoms with Crippen LogP contribution in [0.4, 0.5) is 0 Å². The standard InChI is InChI=1S/C15H16N2O3/c18-10-15(7-4-8-15)16-14(19)12-9-13(20-17-12)11-5-2-1-3-6-11/h1-3,5-6,9,18H,4,7-8,10H2,(H,16,19). The van der Waals surface area contributed by atoms with Gasteiger partial charge in [0, 0.05) is 11.6 Å². The lowest BCUT2D eigenvalue weighted by molar-refractivity contribution is 0.0634. The molecule has 104 valence electrons. The highest BCUT2D eigenvalue weighted by Gasteiger charge is 2.38. The first-order valence-electron chi connectivity index (χ1n) is 6.68. The summed E-state index contributed by atoms with van der Waals surface area (Å²) in [5.41, 5.74) is 0.645. The van der Waals surface area contributed by atoms with Crippen LogP contribution < -0.4 is 5.32 Å². The molecule has 1 aromatic carbocycles. The van der Waals surface area contributed by atoms with E-state index in [1.54, 1.807) is 6.07 Å². The van der Waals surface area contributed by atoms with Crippen LogP contribution in [0, 0.1) is 0 Å². The molecule has 0 saturated heterocycles. The van der Waals surface area contributed by atoms with E-state index in [0.717, 1.165) is 24.8 Å². The first kappa shape index (κ1) is 12.9. The van der Waals surface area contributed by atoms with Crippen LogP contribution in [0.1, 0.15) is 29.8 Å². The van der Waals surface area contributed by atoms with E-state index in [1.165, 1.54) is 0 Å². The highest BCUT2D eigenvalue weighted by Crippen LogP contribution is 2.31. The zero-order valence-electron chi connectivity index (χ0n) is 11.0. The number of nitrogens with zero attached hydrogens (tertiary/aromatic N) is 1. The second-order valence-corrected chi connectivity index (χ2v) is 5.19. The summed E-state index contributed by atoms with van der Waals surface area (Å²) >= 11 is 0. The van der Waals surface area contributed by atoms with Gasteiger partial charge < -0.3 is 14.9 Å². The number of aliphatic hydroxyl groups excluding tert-OH is 1. The third kappa shape index (κ3) is 2.32. The molecular formula is C15H16N2O3. The molecule has 1 amide bonds. The number of nitrogens with one attached hydrogen (secondary N) is 1. The maximum atomic E-state index is 12.1. The lowest BCUT2D eigenvalue weighted by Crippen LogP contribution is -2.56. The van der Waals surface area contributed by atoms with E-state index >= 15 is 0 Å². The molecule has 5 heteroatoms. The summed E-state index contributed by atoms with van der Waals surface area (Å²) in [6.07, 6.45) is 2.63. The maximum absolute atomic E-state index is 12.1. The fourth-order valence-corrected chi connectivity index (χ4v) is 2.35. The second kappa shape index (κ2) is 5.09. The second-order valence-electron chi connectivity index (χ2n) is 5.19. The molecule has 1 saturated carbocycles. The lowest BCUT2D eigenvalue weighted by atomic mass is 9.77. The summed E-state index contributed by atoms with van der Waals surface area (Å²) in [5, 5.41) is 16.0. The summed E-state index contributed by atoms with van der Waals surface area (Å²) in [5.74, 6) is 0.257. The molecule has 0 unspecified atom stereocenters. The Hall–Kier alpha value is -2.14. The Bertz CT molecular complexity index is 597. The van der Waals surface area contributed by atoms with Crippen molar-refractivity contribution in [1.29, 1.82) is 0 Å². The van der Waals surface area contributed by atoms with Gasteiger partial charge in [-0.15, -0.1) is 0 Å². The Balaban J connectivity index is 1.75. The van der Waals surface area contributed by atoms with E-state index in [9.17, 15) is 9.90 Å². The summed E-state index contributed by atoms with van der Waals surface area (Å²) in [6.45, 7) is -0.0395. The van der Waals surface area contributed by atoms with Crippen LogP contribution in [-0.2, 0) is 0 Å². The third-order valence-corrected chi connectivity index (χ3v) is 3.79. The number of hydrogen-bond donors (Lipinski definition) is 2. The first-order valence-corrected chi connectivity index (χ1v) is 6.68. The molecule has 1 aliphatic carbocycles. The third-order valence-electron chi connectivity index (χ3n) is 3.79. The van der Waals surface area contributed by atoms with Gasteiger partial charge in [-0.3, -0.25) is 4.79 Å². The maximum Gasteiger partial charge on any atom is 0.273 e. The number of aliphatic hydroxyl groups is 1. The molecule has 0 bridgehead atoms. The number of aromatic nitrogens is 1. The number of rotatable bonds is 4. The normalized spacial score (nSPS) is 16.4. The van der Waals surface area contributed by atoms with E-state index in [-0.39, 0.29) is 18.2 Å². The van der Waals surface area contributed by atoms with Crippen molar-refractivity contribution in [2.45, 2.75) is 24.8 Å². The van der Waals surface area contributed by atoms with E-state index < -0.39 is 5.54 Å². The van der Waals surface area contributed by atoms with Crippen molar-refractivity contribution >= 4 is 5.91 Å². The van der Waals surface area contributed by atoms with Crippen molar-refractivity contribution < 1.29 is 14.4 Å². The van der Waals surface area contributed by atoms with Gasteiger partial charge in [-0.1, -0.05) is 35.5 Å². The van der Waals surface area contributed by atoms with Gasteiger partial charge in [-0.05, 0) is 19.3 Å². The number of carbonyl (C=O) groups is 1. The van der Waals surface area contributed by atoms with Crippen molar-refractivity contribution in [3.8, 4) is 11.3 Å². The molecule has 1 aliphatic rings. The number of amides is 1. The van der Waals surface area contributed by atoms with Gasteiger partial charge in [0.15, 0.2) is 11.5 Å². The highest BCUT2D eigenvalue weighted by molar-refractivity contribution is 5.93. The van der Waals surface area contributed by atoms with E-state index in [0.29, 0.717) is 5.76 Å². The van der Waals surface area contributed by atoms with Gasteiger partial charge in [0.25, 0.3) is 5.91 Å². The predicted octanol–water partition coefficient (Wildman–Crippen LogP) is 1.99. The molecule has 2 aromatic rings. The molecule has 0 radical (unpaired) electrons. The van der Waals surface area contributed by atoms with Gasteiger partial charge in [-0.25, -0.2) is 0 Å². The molecule has 3 rings (SSSR count). The molecule has 1 fully saturated rings. The van der Waals surface area contributed by atoms with Crippen LogP contribution >= 0.6 is 0 Å². The molecule has 20 heavy (non-hydrogen) atoms. The minimum Gasteiger partial charge on any atom is -0.394 e. The SMILES string of the molecule is O=C(NC1(CO)CCC1)c1cc(-c2ccccc2)on1. The van der Waals surface area contributed by atoms with Crippen molar-refractivity contribution in [2.75, 3.05) is 6.61 Å². The summed E-state index contributed by atoms with van der Waals surface area (Å²) < 4.78 is 5.20. The summed E-state index contributed by atoms with van der Waals surface area (Å²) in [4.78, 5) is 12.1. The molecule has 1 heterocycles. The average Bonchev–Trinajstić information content (AvgIpc) is 2.93. The summed E-state index contributed by atoms with van der Waals surface area (Å²) in [7, 11) is 0. The van der Waals surface area contributed by atoms with Gasteiger partial charge in [0.2, 0.25) is 0 Å². The van der Waals surface area contributed by atoms with Crippen LogP contribution in [-0.4, -0.2) is 28.3 Å². The fourth-order valence-electron chi connectivity index (χ4n) is 2.35. The van der Waals surface area contributed by atoms with Crippen LogP contribution in [0.3, 0.4) is 0 Å². The largest absolute Gasteiger partial charge is 0.394 e. The number of benzene rings is 1. The quantitative estimate of drug-likeness (QED) is 0.892. The van der Waals surface area contributed by atoms with Gasteiger partial charge in [0.05, 0.1) is 12.1 Å². The van der Waals surface area contributed by atoms with Gasteiger partial charge in [-0.2, -0.15) is 0 Å². The molecule has 0 spiro atoms. The predicted molar refractivity (Wildman–Crippen MR) is 73.1 cm³/mol. The minimum atomic E-state index is -0.469. The monoisotopic (exact) mass is 272 g/mol. The van der Waals surface area contributed by atoms with Gasteiger partial charge in [0.1, 0.15) is 0 Å². The van der Waals surface area contributed by atoms with E-state index in [2.05, 4.69) is 10.5 Å². The van der Waals surface area contributed by atoms with E-state index in [1.807, 2.05) is 30.3 Å². The topological polar surface area (TPSA) is 75.4 Å².